The molecule has 0 bridgehead atoms. The predicted molar refractivity (Wildman–Crippen MR) is 71.1 cm³/mol. The van der Waals surface area contributed by atoms with Gasteiger partial charge in [0, 0.05) is 35.3 Å². The highest BCUT2D eigenvalue weighted by atomic mass is 32.2. The van der Waals surface area contributed by atoms with Crippen molar-refractivity contribution in [1.29, 1.82) is 0 Å². The number of aliphatic carboxylic acids is 1. The number of carbonyl (C=O) groups excluding carboxylic acids is 2. The van der Waals surface area contributed by atoms with Crippen LogP contribution in [0.1, 0.15) is 27.2 Å². The molecule has 19 heavy (non-hydrogen) atoms. The molecular weight excluding hydrogens is 272 g/mol. The van der Waals surface area contributed by atoms with Gasteiger partial charge in [-0.3, -0.25) is 19.1 Å². The Balaban J connectivity index is 4.17. The van der Waals surface area contributed by atoms with Gasteiger partial charge in [0.1, 0.15) is 0 Å². The third-order valence-corrected chi connectivity index (χ3v) is 3.85. The predicted octanol–water partition coefficient (Wildman–Crippen LogP) is 0.0801. The van der Waals surface area contributed by atoms with E-state index in [4.69, 9.17) is 5.11 Å². The second-order valence-corrected chi connectivity index (χ2v) is 6.74. The molecular formula is C11H20N2O5S. The van der Waals surface area contributed by atoms with E-state index in [9.17, 15) is 18.6 Å². The summed E-state index contributed by atoms with van der Waals surface area (Å²) in [5, 5.41) is 13.1. The molecule has 3 amide bonds. The largest absolute Gasteiger partial charge is 0.481 e. The lowest BCUT2D eigenvalue weighted by Crippen LogP contribution is -2.44. The second-order valence-electron chi connectivity index (χ2n) is 4.93. The maximum absolute atomic E-state index is 11.5. The number of amides is 3. The summed E-state index contributed by atoms with van der Waals surface area (Å²) in [5.74, 6) is -1.78. The second kappa shape index (κ2) is 7.22. The monoisotopic (exact) mass is 292 g/mol. The lowest BCUT2D eigenvalue weighted by molar-refractivity contribution is -0.149. The molecule has 3 N–H and O–H groups in total. The number of urea groups is 1. The van der Waals surface area contributed by atoms with E-state index in [-0.39, 0.29) is 18.2 Å². The van der Waals surface area contributed by atoms with Gasteiger partial charge in [0.15, 0.2) is 0 Å². The molecule has 0 aliphatic carbocycles. The molecule has 0 saturated heterocycles. The Morgan fingerprint density at radius 2 is 1.84 bits per heavy atom. The van der Waals surface area contributed by atoms with E-state index in [1.165, 1.54) is 20.1 Å². The van der Waals surface area contributed by atoms with Crippen LogP contribution in [0.15, 0.2) is 0 Å². The molecule has 0 aromatic rings. The number of carbonyl (C=O) groups is 3. The summed E-state index contributed by atoms with van der Waals surface area (Å²) >= 11 is 0. The highest BCUT2D eigenvalue weighted by Gasteiger charge is 2.30. The van der Waals surface area contributed by atoms with Crippen molar-refractivity contribution in [2.75, 3.05) is 12.8 Å². The minimum atomic E-state index is -1.23. The van der Waals surface area contributed by atoms with Crippen molar-refractivity contribution < 1.29 is 23.7 Å². The van der Waals surface area contributed by atoms with Crippen LogP contribution in [-0.4, -0.2) is 45.3 Å². The molecule has 8 heteroatoms. The fourth-order valence-electron chi connectivity index (χ4n) is 1.05. The highest BCUT2D eigenvalue weighted by molar-refractivity contribution is 7.84. The number of carboxylic acid groups (broad SMARTS) is 1. The average Bonchev–Trinajstić information content (AvgIpc) is 2.24. The van der Waals surface area contributed by atoms with Crippen molar-refractivity contribution in [3.63, 3.8) is 0 Å². The van der Waals surface area contributed by atoms with Crippen molar-refractivity contribution >= 4 is 28.7 Å². The number of hydrogen-bond donors (Lipinski definition) is 3. The first-order chi connectivity index (χ1) is 8.56. The van der Waals surface area contributed by atoms with Gasteiger partial charge < -0.3 is 10.4 Å². The number of rotatable bonds is 6. The van der Waals surface area contributed by atoms with Crippen LogP contribution < -0.4 is 10.6 Å². The zero-order valence-electron chi connectivity index (χ0n) is 11.5. The number of hydrogen-bond acceptors (Lipinski definition) is 4. The van der Waals surface area contributed by atoms with Gasteiger partial charge in [0.25, 0.3) is 0 Å². The molecule has 2 atom stereocenters. The van der Waals surface area contributed by atoms with E-state index < -0.39 is 34.1 Å². The summed E-state index contributed by atoms with van der Waals surface area (Å²) in [6.07, 6.45) is 1.22. The van der Waals surface area contributed by atoms with Crippen LogP contribution in [0.2, 0.25) is 0 Å². The normalized spacial score (nSPS) is 14.3. The van der Waals surface area contributed by atoms with Crippen LogP contribution in [0, 0.1) is 5.41 Å². The van der Waals surface area contributed by atoms with Crippen LogP contribution in [0.3, 0.4) is 0 Å². The molecule has 0 saturated carbocycles. The van der Waals surface area contributed by atoms with Crippen LogP contribution in [0.5, 0.6) is 0 Å². The minimum Gasteiger partial charge on any atom is -0.481 e. The highest BCUT2D eigenvalue weighted by Crippen LogP contribution is 2.19. The summed E-state index contributed by atoms with van der Waals surface area (Å²) in [6, 6.07) is -0.719. The number of carboxylic acids is 1. The van der Waals surface area contributed by atoms with Crippen LogP contribution in [-0.2, 0) is 20.4 Å². The Bertz CT molecular complexity index is 395. The van der Waals surface area contributed by atoms with E-state index in [1.54, 1.807) is 6.92 Å². The van der Waals surface area contributed by atoms with Gasteiger partial charge in [0.2, 0.25) is 5.91 Å². The first-order valence-corrected chi connectivity index (χ1v) is 7.31. The van der Waals surface area contributed by atoms with E-state index in [1.807, 2.05) is 5.32 Å². The van der Waals surface area contributed by atoms with Crippen LogP contribution in [0.4, 0.5) is 4.79 Å². The summed E-state index contributed by atoms with van der Waals surface area (Å²) in [7, 11) is -1.07. The van der Waals surface area contributed by atoms with Gasteiger partial charge in [-0.15, -0.1) is 0 Å². The van der Waals surface area contributed by atoms with E-state index >= 15 is 0 Å². The van der Waals surface area contributed by atoms with E-state index in [0.717, 1.165) is 0 Å². The van der Waals surface area contributed by atoms with Gasteiger partial charge in [0.05, 0.1) is 5.41 Å². The fourth-order valence-corrected chi connectivity index (χ4v) is 1.36. The first kappa shape index (κ1) is 17.6. The summed E-state index contributed by atoms with van der Waals surface area (Å²) < 4.78 is 11.0. The maximum atomic E-state index is 11.5. The van der Waals surface area contributed by atoms with E-state index in [2.05, 4.69) is 5.32 Å². The molecule has 2 unspecified atom stereocenters. The number of imide groups is 1. The van der Waals surface area contributed by atoms with Crippen molar-refractivity contribution in [3.8, 4) is 0 Å². The average molecular weight is 292 g/mol. The Kier molecular flexibility index (Phi) is 6.68. The quantitative estimate of drug-likeness (QED) is 0.641. The SMILES string of the molecule is CC(CNC(=O)NC(=O)CC(C)(C)C(=O)O)S(C)=O. The van der Waals surface area contributed by atoms with Gasteiger partial charge in [-0.2, -0.15) is 0 Å². The van der Waals surface area contributed by atoms with Gasteiger partial charge in [-0.05, 0) is 20.8 Å². The molecule has 0 rings (SSSR count). The lowest BCUT2D eigenvalue weighted by atomic mass is 9.89. The molecule has 0 fully saturated rings. The van der Waals surface area contributed by atoms with Gasteiger partial charge in [-0.25, -0.2) is 4.79 Å². The van der Waals surface area contributed by atoms with Crippen molar-refractivity contribution in [1.82, 2.24) is 10.6 Å². The molecule has 110 valence electrons. The van der Waals surface area contributed by atoms with Gasteiger partial charge >= 0.3 is 12.0 Å². The molecule has 0 spiro atoms. The van der Waals surface area contributed by atoms with Crippen LogP contribution >= 0.6 is 0 Å². The standard InChI is InChI=1S/C11H20N2O5S/c1-7(19(4)18)6-12-10(17)13-8(14)5-11(2,3)9(15)16/h7H,5-6H2,1-4H3,(H,15,16)(H2,12,13,14,17). The smallest absolute Gasteiger partial charge is 0.321 e. The Labute approximate surface area is 114 Å². The Morgan fingerprint density at radius 1 is 1.32 bits per heavy atom. The summed E-state index contributed by atoms with van der Waals surface area (Å²) in [4.78, 5) is 33.6. The van der Waals surface area contributed by atoms with Crippen molar-refractivity contribution in [2.45, 2.75) is 32.4 Å². The molecule has 0 aromatic carbocycles. The molecule has 0 radical (unpaired) electrons. The maximum Gasteiger partial charge on any atom is 0.321 e. The molecule has 0 heterocycles. The molecule has 0 aliphatic rings. The fraction of sp³-hybridized carbons (Fsp3) is 0.727. The number of nitrogens with one attached hydrogen (secondary N) is 2. The Morgan fingerprint density at radius 3 is 2.26 bits per heavy atom. The topological polar surface area (TPSA) is 113 Å². The third-order valence-electron chi connectivity index (χ3n) is 2.55. The minimum absolute atomic E-state index is 0.171. The first-order valence-electron chi connectivity index (χ1n) is 5.69. The van der Waals surface area contributed by atoms with Crippen LogP contribution in [0.25, 0.3) is 0 Å². The lowest BCUT2D eigenvalue weighted by Gasteiger charge is -2.18. The Hall–Kier alpha value is -1.44. The molecule has 7 nitrogen and oxygen atoms in total. The summed E-state index contributed by atoms with van der Waals surface area (Å²) in [6.45, 7) is 4.67. The van der Waals surface area contributed by atoms with Crippen molar-refractivity contribution in [2.24, 2.45) is 5.41 Å². The summed E-state index contributed by atoms with van der Waals surface area (Å²) in [5.41, 5.74) is -1.23. The molecule has 0 aliphatic heterocycles. The van der Waals surface area contributed by atoms with Crippen molar-refractivity contribution in [3.05, 3.63) is 0 Å². The molecule has 0 aromatic heterocycles. The van der Waals surface area contributed by atoms with E-state index in [0.29, 0.717) is 0 Å². The zero-order chi connectivity index (χ0) is 15.2. The zero-order valence-corrected chi connectivity index (χ0v) is 12.3. The third kappa shape index (κ3) is 6.90. The van der Waals surface area contributed by atoms with Gasteiger partial charge in [-0.1, -0.05) is 0 Å².